The van der Waals surface area contributed by atoms with Gasteiger partial charge in [-0.2, -0.15) is 0 Å². The number of benzene rings is 1. The van der Waals surface area contributed by atoms with Crippen LogP contribution in [0.2, 0.25) is 18.1 Å². The third-order valence-electron chi connectivity index (χ3n) is 10.7. The average molecular weight is 582 g/mol. The topological polar surface area (TPSA) is 46.5 Å². The Morgan fingerprint density at radius 3 is 2.12 bits per heavy atom. The van der Waals surface area contributed by atoms with Crippen LogP contribution in [0.15, 0.2) is 24.3 Å². The van der Waals surface area contributed by atoms with Crippen molar-refractivity contribution in [1.82, 2.24) is 14.8 Å². The van der Waals surface area contributed by atoms with E-state index in [4.69, 9.17) is 4.74 Å². The predicted molar refractivity (Wildman–Crippen MR) is 177 cm³/mol. The normalized spacial score (nSPS) is 21.5. The molecular formula is C35H59N3O2Si. The molecular weight excluding hydrogens is 522 g/mol. The van der Waals surface area contributed by atoms with Gasteiger partial charge in [-0.25, -0.2) is 4.79 Å². The molecule has 1 aliphatic heterocycles. The fourth-order valence-electron chi connectivity index (χ4n) is 8.04. The zero-order valence-corrected chi connectivity index (χ0v) is 28.5. The molecule has 1 N–H and O–H groups in total. The van der Waals surface area contributed by atoms with E-state index in [1.54, 1.807) is 5.32 Å². The fraction of sp³-hybridized carbons (Fsp3) is 0.743. The molecule has 1 saturated heterocycles. The van der Waals surface area contributed by atoms with Gasteiger partial charge in [0.05, 0.1) is 0 Å². The summed E-state index contributed by atoms with van der Waals surface area (Å²) in [5.74, 6) is 1.76. The molecule has 2 aliphatic rings. The van der Waals surface area contributed by atoms with Gasteiger partial charge in [0.15, 0.2) is 0 Å². The number of aromatic nitrogens is 1. The summed E-state index contributed by atoms with van der Waals surface area (Å²) in [6.45, 7) is 20.9. The van der Waals surface area contributed by atoms with Crippen molar-refractivity contribution < 1.29 is 9.53 Å². The van der Waals surface area contributed by atoms with Gasteiger partial charge in [-0.1, -0.05) is 71.0 Å². The molecule has 0 spiro atoms. The number of piperidine rings is 1. The summed E-state index contributed by atoms with van der Waals surface area (Å²) in [5, 5.41) is 6.14. The first-order valence-corrected chi connectivity index (χ1v) is 19.5. The smallest absolute Gasteiger partial charge is 0.407 e. The Labute approximate surface area is 251 Å². The van der Waals surface area contributed by atoms with Gasteiger partial charge in [0.25, 0.3) is 0 Å². The molecule has 0 bridgehead atoms. The molecule has 1 amide bonds. The number of likely N-dealkylation sites (tertiary alicyclic amines) is 1. The van der Waals surface area contributed by atoms with E-state index in [-0.39, 0.29) is 6.09 Å². The zero-order chi connectivity index (χ0) is 29.8. The van der Waals surface area contributed by atoms with E-state index >= 15 is 0 Å². The standard InChI is InChI=1S/C35H59N3O2Si/c1-9-41(10-2,11-3)33-31(20-23-36-34(39)40-35(6,7)8)30-14-12-13-15-32(30)38(33)29-21-24-37(25-22-29)28-18-16-27(17-19-28)26(4)5/h12-15,26-29H,9-11,16-25H2,1-8H3,(H,36,39)/t27-,28+. The number of alkyl carbamates (subject to hydrolysis) is 1. The Bertz CT molecular complexity index is 1120. The minimum absolute atomic E-state index is 0.317. The SMILES string of the molecule is CC[Si](CC)(CC)c1c(CCNC(=O)OC(C)(C)C)c2ccccc2n1C1CCN([C@H]2CC[C@@H](C(C)C)CC2)CC1. The first-order chi connectivity index (χ1) is 19.5. The highest BCUT2D eigenvalue weighted by atomic mass is 28.3. The van der Waals surface area contributed by atoms with E-state index in [1.165, 1.54) is 86.2 Å². The lowest BCUT2D eigenvalue weighted by atomic mass is 9.79. The molecule has 1 aromatic carbocycles. The van der Waals surface area contributed by atoms with E-state index in [0.717, 1.165) is 24.3 Å². The second-order valence-electron chi connectivity index (χ2n) is 14.3. The molecule has 2 heterocycles. The van der Waals surface area contributed by atoms with Crippen molar-refractivity contribution in [2.75, 3.05) is 19.6 Å². The maximum Gasteiger partial charge on any atom is 0.407 e. The second-order valence-corrected chi connectivity index (χ2v) is 19.5. The summed E-state index contributed by atoms with van der Waals surface area (Å²) >= 11 is 0. The Kier molecular flexibility index (Phi) is 10.7. The maximum absolute atomic E-state index is 12.5. The Morgan fingerprint density at radius 1 is 0.951 bits per heavy atom. The minimum atomic E-state index is -1.73. The third-order valence-corrected chi connectivity index (χ3v) is 16.3. The lowest BCUT2D eigenvalue weighted by Gasteiger charge is -2.43. The van der Waals surface area contributed by atoms with Crippen LogP contribution in [0.25, 0.3) is 10.9 Å². The van der Waals surface area contributed by atoms with Crippen LogP contribution < -0.4 is 10.6 Å². The van der Waals surface area contributed by atoms with Crippen molar-refractivity contribution in [1.29, 1.82) is 0 Å². The summed E-state index contributed by atoms with van der Waals surface area (Å²) in [7, 11) is -1.73. The Morgan fingerprint density at radius 2 is 1.56 bits per heavy atom. The number of carbonyl (C=O) groups is 1. The molecule has 1 saturated carbocycles. The van der Waals surface area contributed by atoms with Crippen LogP contribution in [-0.4, -0.2) is 54.9 Å². The highest BCUT2D eigenvalue weighted by molar-refractivity contribution is 6.91. The molecule has 0 radical (unpaired) electrons. The molecule has 0 atom stereocenters. The van der Waals surface area contributed by atoms with Crippen molar-refractivity contribution in [2.45, 2.75) is 136 Å². The number of hydrogen-bond donors (Lipinski definition) is 1. The van der Waals surface area contributed by atoms with Gasteiger partial charge in [-0.05, 0) is 89.2 Å². The summed E-state index contributed by atoms with van der Waals surface area (Å²) < 4.78 is 8.39. The number of fused-ring (bicyclic) bond motifs is 1. The first kappa shape index (κ1) is 32.1. The van der Waals surface area contributed by atoms with Crippen LogP contribution in [0.3, 0.4) is 0 Å². The lowest BCUT2D eigenvalue weighted by molar-refractivity contribution is 0.0528. The molecule has 6 heteroatoms. The number of para-hydroxylation sites is 1. The third kappa shape index (κ3) is 7.23. The van der Waals surface area contributed by atoms with Crippen LogP contribution in [-0.2, 0) is 11.2 Å². The number of hydrogen-bond acceptors (Lipinski definition) is 3. The van der Waals surface area contributed by atoms with Crippen molar-refractivity contribution in [3.63, 3.8) is 0 Å². The molecule has 1 aliphatic carbocycles. The van der Waals surface area contributed by atoms with E-state index in [9.17, 15) is 4.79 Å². The fourth-order valence-corrected chi connectivity index (χ4v) is 12.3. The molecule has 4 rings (SSSR count). The monoisotopic (exact) mass is 581 g/mol. The van der Waals surface area contributed by atoms with E-state index in [0.29, 0.717) is 12.6 Å². The van der Waals surface area contributed by atoms with Gasteiger partial charge in [-0.15, -0.1) is 0 Å². The number of amides is 1. The molecule has 0 unspecified atom stereocenters. The molecule has 5 nitrogen and oxygen atoms in total. The van der Waals surface area contributed by atoms with Gasteiger partial charge < -0.3 is 19.5 Å². The average Bonchev–Trinajstić information content (AvgIpc) is 3.28. The van der Waals surface area contributed by atoms with Crippen molar-refractivity contribution in [3.05, 3.63) is 29.8 Å². The largest absolute Gasteiger partial charge is 0.444 e. The number of nitrogens with one attached hydrogen (secondary N) is 1. The molecule has 230 valence electrons. The quantitative estimate of drug-likeness (QED) is 0.287. The van der Waals surface area contributed by atoms with Gasteiger partial charge in [0, 0.05) is 47.9 Å². The van der Waals surface area contributed by atoms with Crippen molar-refractivity contribution in [2.24, 2.45) is 11.8 Å². The first-order valence-electron chi connectivity index (χ1n) is 16.9. The van der Waals surface area contributed by atoms with Crippen LogP contribution in [0.4, 0.5) is 4.79 Å². The van der Waals surface area contributed by atoms with Crippen molar-refractivity contribution in [3.8, 4) is 0 Å². The van der Waals surface area contributed by atoms with Crippen LogP contribution in [0.1, 0.15) is 106 Å². The highest BCUT2D eigenvalue weighted by Crippen LogP contribution is 2.37. The summed E-state index contributed by atoms with van der Waals surface area (Å²) in [6, 6.07) is 14.3. The van der Waals surface area contributed by atoms with Gasteiger partial charge in [0.1, 0.15) is 13.7 Å². The molecule has 1 aromatic heterocycles. The molecule has 2 aromatic rings. The summed E-state index contributed by atoms with van der Waals surface area (Å²) in [5.41, 5.74) is 2.42. The second kappa shape index (κ2) is 13.7. The lowest BCUT2D eigenvalue weighted by Crippen LogP contribution is -2.53. The number of ether oxygens (including phenoxy) is 1. The summed E-state index contributed by atoms with van der Waals surface area (Å²) in [4.78, 5) is 15.3. The molecule has 2 fully saturated rings. The molecule has 41 heavy (non-hydrogen) atoms. The zero-order valence-electron chi connectivity index (χ0n) is 27.5. The van der Waals surface area contributed by atoms with Crippen molar-refractivity contribution >= 4 is 30.4 Å². The van der Waals surface area contributed by atoms with E-state index in [1.807, 2.05) is 20.8 Å². The van der Waals surface area contributed by atoms with E-state index in [2.05, 4.69) is 73.7 Å². The van der Waals surface area contributed by atoms with Gasteiger partial charge >= 0.3 is 6.09 Å². The highest BCUT2D eigenvalue weighted by Gasteiger charge is 2.39. The van der Waals surface area contributed by atoms with Gasteiger partial charge in [-0.3, -0.25) is 0 Å². The summed E-state index contributed by atoms with van der Waals surface area (Å²) in [6.07, 6.45) is 8.62. The van der Waals surface area contributed by atoms with Crippen LogP contribution in [0, 0.1) is 11.8 Å². The Balaban J connectivity index is 1.61. The minimum Gasteiger partial charge on any atom is -0.444 e. The number of nitrogens with zero attached hydrogens (tertiary/aromatic N) is 2. The van der Waals surface area contributed by atoms with Crippen LogP contribution >= 0.6 is 0 Å². The predicted octanol–water partition coefficient (Wildman–Crippen LogP) is 8.28. The maximum atomic E-state index is 12.5. The number of rotatable bonds is 10. The van der Waals surface area contributed by atoms with Crippen LogP contribution in [0.5, 0.6) is 0 Å². The van der Waals surface area contributed by atoms with Gasteiger partial charge in [0.2, 0.25) is 0 Å². The number of carbonyl (C=O) groups excluding carboxylic acids is 1. The van der Waals surface area contributed by atoms with E-state index < -0.39 is 13.7 Å². The Hall–Kier alpha value is -1.79.